The molecule has 2 aromatic rings. The van der Waals surface area contributed by atoms with Crippen molar-refractivity contribution in [2.24, 2.45) is 5.41 Å². The van der Waals surface area contributed by atoms with Crippen molar-refractivity contribution >= 4 is 30.7 Å². The summed E-state index contributed by atoms with van der Waals surface area (Å²) in [4.78, 5) is 18.9. The minimum Gasteiger partial charge on any atom is -0.441 e. The van der Waals surface area contributed by atoms with Crippen molar-refractivity contribution < 1.29 is 9.21 Å². The molecule has 0 saturated carbocycles. The van der Waals surface area contributed by atoms with Gasteiger partial charge in [-0.25, -0.2) is 4.98 Å². The fourth-order valence-corrected chi connectivity index (χ4v) is 4.10. The Hall–Kier alpha value is -1.56. The molecule has 3 heterocycles. The van der Waals surface area contributed by atoms with Gasteiger partial charge in [0.05, 0.1) is 6.20 Å². The van der Waals surface area contributed by atoms with E-state index in [-0.39, 0.29) is 30.7 Å². The second-order valence-corrected chi connectivity index (χ2v) is 7.79. The van der Waals surface area contributed by atoms with E-state index in [9.17, 15) is 4.79 Å². The third-order valence-corrected chi connectivity index (χ3v) is 5.95. The second-order valence-electron chi connectivity index (χ2n) is 7.79. The summed E-state index contributed by atoms with van der Waals surface area (Å²) in [7, 11) is 0. The van der Waals surface area contributed by atoms with Gasteiger partial charge in [-0.2, -0.15) is 0 Å². The molecular weight excluding hydrogens is 397 g/mol. The van der Waals surface area contributed by atoms with E-state index in [1.807, 2.05) is 17.0 Å². The number of likely N-dealkylation sites (tertiary alicyclic amines) is 1. The number of nitrogens with zero attached hydrogens (tertiary/aromatic N) is 2. The third-order valence-electron chi connectivity index (χ3n) is 5.95. The molecule has 1 aromatic heterocycles. The maximum absolute atomic E-state index is 12.5. The van der Waals surface area contributed by atoms with Crippen LogP contribution >= 0.6 is 24.8 Å². The molecule has 0 aliphatic carbocycles. The lowest BCUT2D eigenvalue weighted by Crippen LogP contribution is -2.44. The van der Waals surface area contributed by atoms with Crippen LogP contribution in [0.4, 0.5) is 0 Å². The smallest absolute Gasteiger partial charge is 0.223 e. The highest BCUT2D eigenvalue weighted by Gasteiger charge is 2.37. The highest BCUT2D eigenvalue weighted by molar-refractivity contribution is 5.85. The predicted molar refractivity (Wildman–Crippen MR) is 115 cm³/mol. The Balaban J connectivity index is 0.00000140. The average molecular weight is 426 g/mol. The van der Waals surface area contributed by atoms with E-state index in [2.05, 4.69) is 29.4 Å². The molecule has 2 aliphatic rings. The molecule has 1 amide bonds. The van der Waals surface area contributed by atoms with Crippen molar-refractivity contribution in [1.29, 1.82) is 0 Å². The third kappa shape index (κ3) is 5.07. The van der Waals surface area contributed by atoms with Crippen molar-refractivity contribution in [2.75, 3.05) is 26.2 Å². The summed E-state index contributed by atoms with van der Waals surface area (Å²) >= 11 is 0. The summed E-state index contributed by atoms with van der Waals surface area (Å²) in [6, 6.07) is 8.19. The van der Waals surface area contributed by atoms with Gasteiger partial charge in [-0.1, -0.05) is 29.8 Å². The van der Waals surface area contributed by atoms with Gasteiger partial charge in [-0.3, -0.25) is 4.79 Å². The molecule has 2 fully saturated rings. The number of carbonyl (C=O) groups is 1. The molecule has 2 saturated heterocycles. The normalized spacial score (nSPS) is 17.8. The molecule has 154 valence electrons. The molecule has 1 N–H and O–H groups in total. The molecule has 5 nitrogen and oxygen atoms in total. The number of amides is 1. The summed E-state index contributed by atoms with van der Waals surface area (Å²) in [5.41, 5.74) is 2.69. The van der Waals surface area contributed by atoms with Crippen LogP contribution in [0.1, 0.15) is 37.1 Å². The van der Waals surface area contributed by atoms with Crippen LogP contribution in [0.3, 0.4) is 0 Å². The molecule has 0 radical (unpaired) electrons. The summed E-state index contributed by atoms with van der Waals surface area (Å²) in [6.07, 6.45) is 6.30. The van der Waals surface area contributed by atoms with Gasteiger partial charge in [0.1, 0.15) is 0 Å². The lowest BCUT2D eigenvalue weighted by atomic mass is 9.78. The molecule has 7 heteroatoms. The molecule has 28 heavy (non-hydrogen) atoms. The van der Waals surface area contributed by atoms with Gasteiger partial charge in [0.15, 0.2) is 11.7 Å². The van der Waals surface area contributed by atoms with Crippen LogP contribution in [0.5, 0.6) is 0 Å². The highest BCUT2D eigenvalue weighted by Crippen LogP contribution is 2.37. The Bertz CT molecular complexity index is 760. The number of oxazole rings is 1. The minimum absolute atomic E-state index is 0. The maximum Gasteiger partial charge on any atom is 0.223 e. The van der Waals surface area contributed by atoms with Crippen molar-refractivity contribution in [2.45, 2.75) is 39.0 Å². The zero-order chi connectivity index (χ0) is 18.0. The molecule has 0 unspecified atom stereocenters. The number of carbonyl (C=O) groups excluding carboxylic acids is 1. The topological polar surface area (TPSA) is 58.4 Å². The second kappa shape index (κ2) is 9.77. The Kier molecular flexibility index (Phi) is 7.93. The first-order chi connectivity index (χ1) is 12.6. The van der Waals surface area contributed by atoms with Gasteiger partial charge in [0.2, 0.25) is 5.91 Å². The number of aryl methyl sites for hydroxylation is 2. The lowest BCUT2D eigenvalue weighted by molar-refractivity contribution is -0.133. The Morgan fingerprint density at radius 2 is 1.89 bits per heavy atom. The zero-order valence-electron chi connectivity index (χ0n) is 16.3. The summed E-state index contributed by atoms with van der Waals surface area (Å²) < 4.78 is 5.83. The molecule has 2 aliphatic heterocycles. The maximum atomic E-state index is 12.5. The lowest BCUT2D eigenvalue weighted by Gasteiger charge is -2.38. The van der Waals surface area contributed by atoms with E-state index in [1.54, 1.807) is 6.20 Å². The fourth-order valence-electron chi connectivity index (χ4n) is 4.10. The van der Waals surface area contributed by atoms with E-state index in [4.69, 9.17) is 4.42 Å². The molecule has 4 rings (SSSR count). The summed E-state index contributed by atoms with van der Waals surface area (Å²) in [5.74, 6) is 1.63. The molecular formula is C21H29Cl2N3O2. The van der Waals surface area contributed by atoms with E-state index >= 15 is 0 Å². The average Bonchev–Trinajstić information content (AvgIpc) is 3.31. The van der Waals surface area contributed by atoms with E-state index in [0.717, 1.165) is 50.3 Å². The number of hydrogen-bond donors (Lipinski definition) is 1. The monoisotopic (exact) mass is 425 g/mol. The molecule has 1 aromatic carbocycles. The number of benzene rings is 1. The first kappa shape index (κ1) is 22.7. The van der Waals surface area contributed by atoms with Crippen LogP contribution in [0.25, 0.3) is 11.3 Å². The van der Waals surface area contributed by atoms with Crippen molar-refractivity contribution in [3.63, 3.8) is 0 Å². The van der Waals surface area contributed by atoms with Gasteiger partial charge < -0.3 is 14.6 Å². The first-order valence-corrected chi connectivity index (χ1v) is 9.64. The first-order valence-electron chi connectivity index (χ1n) is 9.64. The van der Waals surface area contributed by atoms with Crippen LogP contribution in [0.2, 0.25) is 0 Å². The molecule has 1 spiro atoms. The molecule has 0 atom stereocenters. The van der Waals surface area contributed by atoms with Crippen LogP contribution in [0.15, 0.2) is 34.9 Å². The SMILES string of the molecule is Cc1ccc(-c2cnc(CCC(=O)N3CCC4(CCNC4)CC3)o2)cc1.Cl.Cl. The van der Waals surface area contributed by atoms with Gasteiger partial charge in [-0.15, -0.1) is 24.8 Å². The zero-order valence-corrected chi connectivity index (χ0v) is 17.9. The van der Waals surface area contributed by atoms with E-state index in [1.165, 1.54) is 12.0 Å². The van der Waals surface area contributed by atoms with E-state index < -0.39 is 0 Å². The Morgan fingerprint density at radius 1 is 1.18 bits per heavy atom. The predicted octanol–water partition coefficient (Wildman–Crippen LogP) is 4.03. The fraction of sp³-hybridized carbons (Fsp3) is 0.524. The van der Waals surface area contributed by atoms with E-state index in [0.29, 0.717) is 24.1 Å². The molecule has 0 bridgehead atoms. The Labute approximate surface area is 179 Å². The number of nitrogens with one attached hydrogen (secondary N) is 1. The van der Waals surface area contributed by atoms with Gasteiger partial charge >= 0.3 is 0 Å². The number of rotatable bonds is 4. The van der Waals surface area contributed by atoms with Crippen molar-refractivity contribution in [1.82, 2.24) is 15.2 Å². The number of aromatic nitrogens is 1. The van der Waals surface area contributed by atoms with Gasteiger partial charge in [0.25, 0.3) is 0 Å². The highest BCUT2D eigenvalue weighted by atomic mass is 35.5. The van der Waals surface area contributed by atoms with Gasteiger partial charge in [-0.05, 0) is 38.1 Å². The number of piperidine rings is 1. The van der Waals surface area contributed by atoms with Crippen LogP contribution < -0.4 is 5.32 Å². The Morgan fingerprint density at radius 3 is 2.54 bits per heavy atom. The summed E-state index contributed by atoms with van der Waals surface area (Å²) in [6.45, 7) is 6.09. The van der Waals surface area contributed by atoms with Crippen molar-refractivity contribution in [3.05, 3.63) is 41.9 Å². The van der Waals surface area contributed by atoms with Crippen LogP contribution in [0, 0.1) is 12.3 Å². The van der Waals surface area contributed by atoms with Crippen LogP contribution in [-0.4, -0.2) is 42.0 Å². The van der Waals surface area contributed by atoms with Gasteiger partial charge in [0, 0.05) is 38.0 Å². The quantitative estimate of drug-likeness (QED) is 0.802. The van der Waals surface area contributed by atoms with Crippen molar-refractivity contribution in [3.8, 4) is 11.3 Å². The largest absolute Gasteiger partial charge is 0.441 e. The standard InChI is InChI=1S/C21H27N3O2.2ClH/c1-16-2-4-17(5-3-16)18-14-23-19(26-18)6-7-20(25)24-12-9-21(10-13-24)8-11-22-15-21;;/h2-5,14,22H,6-13,15H2,1H3;2*1H. The number of halogens is 2. The minimum atomic E-state index is 0. The van der Waals surface area contributed by atoms with Crippen LogP contribution in [-0.2, 0) is 11.2 Å². The summed E-state index contributed by atoms with van der Waals surface area (Å²) in [5, 5.41) is 3.47. The number of hydrogen-bond acceptors (Lipinski definition) is 4.